The van der Waals surface area contributed by atoms with E-state index in [0.717, 1.165) is 0 Å². The normalized spacial score (nSPS) is 12.6. The minimum atomic E-state index is -3.77. The van der Waals surface area contributed by atoms with Crippen LogP contribution in [0.4, 0.5) is 4.79 Å². The maximum absolute atomic E-state index is 12.8. The lowest BCUT2D eigenvalue weighted by atomic mass is 10.1. The van der Waals surface area contributed by atoms with Gasteiger partial charge in [0.15, 0.2) is 6.10 Å². The molecule has 0 spiro atoms. The molecule has 0 saturated carbocycles. The van der Waals surface area contributed by atoms with Gasteiger partial charge >= 0.3 is 12.0 Å². The number of nitrogens with one attached hydrogen (secondary N) is 2. The van der Waals surface area contributed by atoms with Gasteiger partial charge in [-0.15, -0.1) is 0 Å². The molecule has 1 aromatic rings. The number of rotatable bonds is 8. The molecule has 1 unspecified atom stereocenters. The summed E-state index contributed by atoms with van der Waals surface area (Å²) in [6, 6.07) is 3.31. The summed E-state index contributed by atoms with van der Waals surface area (Å²) in [5.41, 5.74) is 0.484. The van der Waals surface area contributed by atoms with Crippen LogP contribution in [-0.2, 0) is 19.6 Å². The highest BCUT2D eigenvalue weighted by Gasteiger charge is 2.26. The summed E-state index contributed by atoms with van der Waals surface area (Å²) in [5.74, 6) is -1.66. The van der Waals surface area contributed by atoms with E-state index in [1.54, 1.807) is 34.6 Å². The number of carbonyl (C=O) groups excluding carboxylic acids is 3. The number of esters is 1. The Morgan fingerprint density at radius 2 is 1.69 bits per heavy atom. The van der Waals surface area contributed by atoms with Crippen LogP contribution in [0.1, 0.15) is 50.5 Å². The van der Waals surface area contributed by atoms with E-state index in [1.807, 2.05) is 0 Å². The van der Waals surface area contributed by atoms with Gasteiger partial charge in [0.2, 0.25) is 10.0 Å². The zero-order chi connectivity index (χ0) is 22.4. The van der Waals surface area contributed by atoms with Crippen molar-refractivity contribution < 1.29 is 27.5 Å². The highest BCUT2D eigenvalue weighted by atomic mass is 32.2. The van der Waals surface area contributed by atoms with Crippen molar-refractivity contribution in [2.75, 3.05) is 13.1 Å². The van der Waals surface area contributed by atoms with Gasteiger partial charge in [0.1, 0.15) is 0 Å². The van der Waals surface area contributed by atoms with Crippen LogP contribution in [0.3, 0.4) is 0 Å². The van der Waals surface area contributed by atoms with Crippen molar-refractivity contribution in [1.29, 1.82) is 0 Å². The minimum absolute atomic E-state index is 0.00376. The highest BCUT2D eigenvalue weighted by molar-refractivity contribution is 7.89. The molecule has 29 heavy (non-hydrogen) atoms. The Morgan fingerprint density at radius 1 is 1.10 bits per heavy atom. The molecule has 0 heterocycles. The quantitative estimate of drug-likeness (QED) is 0.610. The maximum Gasteiger partial charge on any atom is 0.338 e. The average Bonchev–Trinajstić information content (AvgIpc) is 2.61. The third kappa shape index (κ3) is 6.53. The standard InChI is InChI=1S/C19H29N3O6S/c1-7-22(8-2)29(26,27)16-11-15(10-9-13(16)5)18(24)28-14(6)17(23)21-19(25)20-12(3)4/h9-12,14H,7-8H2,1-6H3,(H2,20,21,23,25). The first-order valence-electron chi connectivity index (χ1n) is 9.37. The number of benzene rings is 1. The van der Waals surface area contributed by atoms with Crippen LogP contribution in [0, 0.1) is 6.92 Å². The molecule has 0 aromatic heterocycles. The van der Waals surface area contributed by atoms with Gasteiger partial charge in [0.25, 0.3) is 5.91 Å². The fraction of sp³-hybridized carbons (Fsp3) is 0.526. The first-order valence-corrected chi connectivity index (χ1v) is 10.8. The van der Waals surface area contributed by atoms with Gasteiger partial charge < -0.3 is 10.1 Å². The van der Waals surface area contributed by atoms with Gasteiger partial charge in [0.05, 0.1) is 10.5 Å². The van der Waals surface area contributed by atoms with Crippen molar-refractivity contribution in [2.24, 2.45) is 0 Å². The molecule has 0 radical (unpaired) electrons. The first kappa shape index (κ1) is 24.6. The molecule has 162 valence electrons. The largest absolute Gasteiger partial charge is 0.449 e. The van der Waals surface area contributed by atoms with E-state index in [4.69, 9.17) is 4.74 Å². The number of hydrogen-bond donors (Lipinski definition) is 2. The van der Waals surface area contributed by atoms with Gasteiger partial charge in [-0.25, -0.2) is 18.0 Å². The third-order valence-corrected chi connectivity index (χ3v) is 6.25. The van der Waals surface area contributed by atoms with E-state index >= 15 is 0 Å². The number of carbonyl (C=O) groups is 3. The number of nitrogens with zero attached hydrogens (tertiary/aromatic N) is 1. The molecule has 3 amide bonds. The molecule has 2 N–H and O–H groups in total. The van der Waals surface area contributed by atoms with E-state index in [0.29, 0.717) is 18.7 Å². The van der Waals surface area contributed by atoms with Crippen LogP contribution in [0.5, 0.6) is 0 Å². The zero-order valence-electron chi connectivity index (χ0n) is 17.6. The number of amides is 3. The Labute approximate surface area is 171 Å². The minimum Gasteiger partial charge on any atom is -0.449 e. The lowest BCUT2D eigenvalue weighted by molar-refractivity contribution is -0.127. The predicted octanol–water partition coefficient (Wildman–Crippen LogP) is 1.81. The molecular formula is C19H29N3O6S. The van der Waals surface area contributed by atoms with Crippen LogP contribution in [0.2, 0.25) is 0 Å². The molecule has 1 aromatic carbocycles. The summed E-state index contributed by atoms with van der Waals surface area (Å²) < 4.78 is 32.0. The van der Waals surface area contributed by atoms with Crippen molar-refractivity contribution in [3.05, 3.63) is 29.3 Å². The SMILES string of the molecule is CCN(CC)S(=O)(=O)c1cc(C(=O)OC(C)C(=O)NC(=O)NC(C)C)ccc1C. The van der Waals surface area contributed by atoms with E-state index in [2.05, 4.69) is 10.6 Å². The van der Waals surface area contributed by atoms with Crippen LogP contribution in [-0.4, -0.2) is 55.9 Å². The summed E-state index contributed by atoms with van der Waals surface area (Å²) in [4.78, 5) is 36.0. The third-order valence-electron chi connectivity index (χ3n) is 4.06. The van der Waals surface area contributed by atoms with Crippen LogP contribution in [0.25, 0.3) is 0 Å². The summed E-state index contributed by atoms with van der Waals surface area (Å²) in [7, 11) is -3.77. The molecule has 0 saturated heterocycles. The Kier molecular flexibility index (Phi) is 8.78. The number of urea groups is 1. The summed E-state index contributed by atoms with van der Waals surface area (Å²) in [5, 5.41) is 4.56. The number of sulfonamides is 1. The second kappa shape index (κ2) is 10.4. The van der Waals surface area contributed by atoms with Crippen molar-refractivity contribution in [2.45, 2.75) is 58.6 Å². The summed E-state index contributed by atoms with van der Waals surface area (Å²) in [6.07, 6.45) is -1.25. The summed E-state index contributed by atoms with van der Waals surface area (Å²) in [6.45, 7) is 10.5. The second-order valence-electron chi connectivity index (χ2n) is 6.73. The molecule has 0 aliphatic heterocycles. The molecule has 9 nitrogen and oxygen atoms in total. The number of hydrogen-bond acceptors (Lipinski definition) is 6. The van der Waals surface area contributed by atoms with Crippen LogP contribution >= 0.6 is 0 Å². The predicted molar refractivity (Wildman–Crippen MR) is 108 cm³/mol. The molecule has 1 rings (SSSR count). The van der Waals surface area contributed by atoms with Crippen LogP contribution in [0.15, 0.2) is 23.1 Å². The van der Waals surface area contributed by atoms with E-state index in [1.165, 1.54) is 29.4 Å². The van der Waals surface area contributed by atoms with Crippen LogP contribution < -0.4 is 10.6 Å². The van der Waals surface area contributed by atoms with E-state index in [9.17, 15) is 22.8 Å². The van der Waals surface area contributed by atoms with Crippen molar-refractivity contribution in [1.82, 2.24) is 14.9 Å². The Balaban J connectivity index is 2.98. The van der Waals surface area contributed by atoms with Crippen molar-refractivity contribution in [3.8, 4) is 0 Å². The molecule has 1 atom stereocenters. The Bertz CT molecular complexity index is 863. The monoisotopic (exact) mass is 427 g/mol. The summed E-state index contributed by atoms with van der Waals surface area (Å²) >= 11 is 0. The smallest absolute Gasteiger partial charge is 0.338 e. The number of ether oxygens (including phenoxy) is 1. The van der Waals surface area contributed by atoms with Gasteiger partial charge in [-0.3, -0.25) is 10.1 Å². The molecule has 0 fully saturated rings. The number of aryl methyl sites for hydroxylation is 1. The van der Waals surface area contributed by atoms with E-state index in [-0.39, 0.29) is 16.5 Å². The molecule has 0 bridgehead atoms. The van der Waals surface area contributed by atoms with Gasteiger partial charge in [-0.2, -0.15) is 4.31 Å². The second-order valence-corrected chi connectivity index (χ2v) is 8.64. The highest BCUT2D eigenvalue weighted by Crippen LogP contribution is 2.22. The van der Waals surface area contributed by atoms with Gasteiger partial charge in [-0.1, -0.05) is 19.9 Å². The molecular weight excluding hydrogens is 398 g/mol. The van der Waals surface area contributed by atoms with Gasteiger partial charge in [-0.05, 0) is 45.4 Å². The first-order chi connectivity index (χ1) is 13.4. The fourth-order valence-electron chi connectivity index (χ4n) is 2.50. The average molecular weight is 428 g/mol. The Hall–Kier alpha value is -2.46. The lowest BCUT2D eigenvalue weighted by Crippen LogP contribution is -2.46. The van der Waals surface area contributed by atoms with E-state index < -0.39 is 34.0 Å². The Morgan fingerprint density at radius 3 is 2.21 bits per heavy atom. The van der Waals surface area contributed by atoms with Crippen molar-refractivity contribution >= 4 is 27.9 Å². The topological polar surface area (TPSA) is 122 Å². The molecule has 10 heteroatoms. The maximum atomic E-state index is 12.8. The zero-order valence-corrected chi connectivity index (χ0v) is 18.4. The molecule has 0 aliphatic rings. The van der Waals surface area contributed by atoms with Crippen molar-refractivity contribution in [3.63, 3.8) is 0 Å². The molecule has 0 aliphatic carbocycles. The number of imide groups is 1. The van der Waals surface area contributed by atoms with Gasteiger partial charge in [0, 0.05) is 19.1 Å². The lowest BCUT2D eigenvalue weighted by Gasteiger charge is -2.20. The fourth-order valence-corrected chi connectivity index (χ4v) is 4.21.